The average Bonchev–Trinajstić information content (AvgIpc) is 2.49. The maximum absolute atomic E-state index is 12.0. The highest BCUT2D eigenvalue weighted by molar-refractivity contribution is 6.00. The first-order valence-corrected chi connectivity index (χ1v) is 7.01. The van der Waals surface area contributed by atoms with Gasteiger partial charge in [-0.25, -0.2) is 4.79 Å². The number of nitrogens with one attached hydrogen (secondary N) is 3. The number of aryl methyl sites for hydroxylation is 1. The van der Waals surface area contributed by atoms with Gasteiger partial charge in [-0.05, 0) is 36.2 Å². The minimum atomic E-state index is -0.288. The third-order valence-electron chi connectivity index (χ3n) is 3.15. The highest BCUT2D eigenvalue weighted by Crippen LogP contribution is 2.14. The first-order valence-electron chi connectivity index (χ1n) is 7.01. The van der Waals surface area contributed by atoms with Gasteiger partial charge in [-0.15, -0.1) is 0 Å². The largest absolute Gasteiger partial charge is 0.352 e. The Kier molecular flexibility index (Phi) is 5.14. The Morgan fingerprint density at radius 1 is 0.955 bits per heavy atom. The zero-order valence-corrected chi connectivity index (χ0v) is 12.6. The van der Waals surface area contributed by atoms with Crippen molar-refractivity contribution < 1.29 is 9.59 Å². The molecule has 0 saturated heterocycles. The first-order chi connectivity index (χ1) is 10.5. The maximum Gasteiger partial charge on any atom is 0.323 e. The molecular weight excluding hydrogens is 278 g/mol. The summed E-state index contributed by atoms with van der Waals surface area (Å²) in [5.74, 6) is -0.0696. The molecule has 5 heteroatoms. The van der Waals surface area contributed by atoms with E-state index in [0.29, 0.717) is 12.2 Å². The van der Waals surface area contributed by atoms with Gasteiger partial charge in [-0.2, -0.15) is 0 Å². The maximum atomic E-state index is 12.0. The molecule has 0 aromatic heterocycles. The molecule has 0 atom stereocenters. The third-order valence-corrected chi connectivity index (χ3v) is 3.15. The topological polar surface area (TPSA) is 70.2 Å². The molecule has 0 heterocycles. The van der Waals surface area contributed by atoms with E-state index in [1.165, 1.54) is 6.92 Å². The van der Waals surface area contributed by atoms with Crippen LogP contribution in [0, 0.1) is 6.92 Å². The van der Waals surface area contributed by atoms with Crippen molar-refractivity contribution in [2.75, 3.05) is 10.6 Å². The van der Waals surface area contributed by atoms with Crippen LogP contribution in [-0.4, -0.2) is 11.9 Å². The zero-order valence-electron chi connectivity index (χ0n) is 12.6. The fourth-order valence-corrected chi connectivity index (χ4v) is 1.93. The number of anilines is 2. The molecule has 22 heavy (non-hydrogen) atoms. The van der Waals surface area contributed by atoms with Crippen LogP contribution < -0.4 is 16.0 Å². The molecule has 0 bridgehead atoms. The van der Waals surface area contributed by atoms with Crippen molar-refractivity contribution in [3.05, 3.63) is 59.7 Å². The third kappa shape index (κ3) is 4.63. The van der Waals surface area contributed by atoms with Crippen LogP contribution in [0.25, 0.3) is 0 Å². The molecule has 0 aliphatic heterocycles. The van der Waals surface area contributed by atoms with Gasteiger partial charge in [-0.1, -0.05) is 30.3 Å². The molecule has 2 rings (SSSR count). The van der Waals surface area contributed by atoms with Crippen LogP contribution in [0.5, 0.6) is 0 Å². The molecule has 0 fully saturated rings. The van der Waals surface area contributed by atoms with Crippen LogP contribution in [0.3, 0.4) is 0 Å². The summed E-state index contributed by atoms with van der Waals surface area (Å²) in [6.07, 6.45) is 0. The molecule has 0 radical (unpaired) electrons. The van der Waals surface area contributed by atoms with E-state index in [0.717, 1.165) is 16.8 Å². The lowest BCUT2D eigenvalue weighted by Gasteiger charge is -2.10. The lowest BCUT2D eigenvalue weighted by atomic mass is 10.2. The molecule has 0 spiro atoms. The fourth-order valence-electron chi connectivity index (χ4n) is 1.93. The number of rotatable bonds is 4. The summed E-state index contributed by atoms with van der Waals surface area (Å²) in [6, 6.07) is 14.6. The van der Waals surface area contributed by atoms with E-state index < -0.39 is 0 Å². The monoisotopic (exact) mass is 297 g/mol. The molecule has 0 saturated carbocycles. The summed E-state index contributed by atoms with van der Waals surface area (Å²) in [5, 5.41) is 8.30. The van der Waals surface area contributed by atoms with Gasteiger partial charge in [0.2, 0.25) is 5.91 Å². The fraction of sp³-hybridized carbons (Fsp3) is 0.176. The van der Waals surface area contributed by atoms with Gasteiger partial charge in [-0.3, -0.25) is 4.79 Å². The predicted molar refractivity (Wildman–Crippen MR) is 87.8 cm³/mol. The van der Waals surface area contributed by atoms with Gasteiger partial charge < -0.3 is 16.0 Å². The Morgan fingerprint density at radius 3 is 2.27 bits per heavy atom. The Labute approximate surface area is 129 Å². The Bertz CT molecular complexity index is 666. The highest BCUT2D eigenvalue weighted by Gasteiger charge is 2.04. The quantitative estimate of drug-likeness (QED) is 0.810. The zero-order chi connectivity index (χ0) is 15.9. The number of benzene rings is 2. The molecule has 2 aromatic rings. The number of amides is 3. The van der Waals surface area contributed by atoms with E-state index in [1.807, 2.05) is 43.3 Å². The molecule has 2 aromatic carbocycles. The molecule has 3 N–H and O–H groups in total. The number of hydrogen-bond acceptors (Lipinski definition) is 2. The highest BCUT2D eigenvalue weighted by atomic mass is 16.2. The normalized spacial score (nSPS) is 9.91. The van der Waals surface area contributed by atoms with Crippen molar-refractivity contribution in [3.63, 3.8) is 0 Å². The van der Waals surface area contributed by atoms with Crippen LogP contribution in [0.4, 0.5) is 16.2 Å². The summed E-state index contributed by atoms with van der Waals surface area (Å²) >= 11 is 0. The van der Waals surface area contributed by atoms with Crippen LogP contribution in [0.2, 0.25) is 0 Å². The summed E-state index contributed by atoms with van der Waals surface area (Å²) in [4.78, 5) is 22.8. The summed E-state index contributed by atoms with van der Waals surface area (Å²) < 4.78 is 0. The van der Waals surface area contributed by atoms with Crippen molar-refractivity contribution in [3.8, 4) is 0 Å². The number of urea groups is 1. The lowest BCUT2D eigenvalue weighted by molar-refractivity contribution is -0.119. The number of carbonyl (C=O) groups is 2. The molecule has 114 valence electrons. The van der Waals surface area contributed by atoms with E-state index >= 15 is 0 Å². The second kappa shape index (κ2) is 7.26. The minimum absolute atomic E-state index is 0.0696. The van der Waals surface area contributed by atoms with Crippen molar-refractivity contribution in [1.82, 2.24) is 5.32 Å². The van der Waals surface area contributed by atoms with Crippen molar-refractivity contribution in [2.24, 2.45) is 0 Å². The van der Waals surface area contributed by atoms with E-state index in [-0.39, 0.29) is 11.9 Å². The molecule has 0 aliphatic rings. The second-order valence-corrected chi connectivity index (χ2v) is 5.00. The summed E-state index contributed by atoms with van der Waals surface area (Å²) in [7, 11) is 0. The number of carbonyl (C=O) groups excluding carboxylic acids is 2. The molecule has 0 unspecified atom stereocenters. The van der Waals surface area contributed by atoms with Gasteiger partial charge in [0.15, 0.2) is 0 Å². The SMILES string of the molecule is CC(=O)NCc1ccc(NC(=O)Nc2ccccc2C)cc1. The molecular formula is C17H19N3O2. The van der Waals surface area contributed by atoms with E-state index in [1.54, 1.807) is 12.1 Å². The Balaban J connectivity index is 1.91. The van der Waals surface area contributed by atoms with Gasteiger partial charge in [0, 0.05) is 24.8 Å². The number of hydrogen-bond donors (Lipinski definition) is 3. The van der Waals surface area contributed by atoms with Gasteiger partial charge in [0.1, 0.15) is 0 Å². The molecule has 5 nitrogen and oxygen atoms in total. The van der Waals surface area contributed by atoms with Crippen molar-refractivity contribution in [2.45, 2.75) is 20.4 Å². The molecule has 0 aliphatic carbocycles. The minimum Gasteiger partial charge on any atom is -0.352 e. The van der Waals surface area contributed by atoms with E-state index in [2.05, 4.69) is 16.0 Å². The predicted octanol–water partition coefficient (Wildman–Crippen LogP) is 3.28. The van der Waals surface area contributed by atoms with Gasteiger partial charge in [0.25, 0.3) is 0 Å². The van der Waals surface area contributed by atoms with Crippen LogP contribution in [0.15, 0.2) is 48.5 Å². The Hall–Kier alpha value is -2.82. The average molecular weight is 297 g/mol. The van der Waals surface area contributed by atoms with Crippen LogP contribution in [-0.2, 0) is 11.3 Å². The van der Waals surface area contributed by atoms with Crippen LogP contribution in [0.1, 0.15) is 18.1 Å². The smallest absolute Gasteiger partial charge is 0.323 e. The standard InChI is InChI=1S/C17H19N3O2/c1-12-5-3-4-6-16(12)20-17(22)19-15-9-7-14(8-10-15)11-18-13(2)21/h3-10H,11H2,1-2H3,(H,18,21)(H2,19,20,22). The van der Waals surface area contributed by atoms with Crippen molar-refractivity contribution >= 4 is 23.3 Å². The van der Waals surface area contributed by atoms with E-state index in [9.17, 15) is 9.59 Å². The summed E-state index contributed by atoms with van der Waals surface area (Å²) in [5.41, 5.74) is 3.45. The lowest BCUT2D eigenvalue weighted by Crippen LogP contribution is -2.20. The number of para-hydroxylation sites is 1. The van der Waals surface area contributed by atoms with E-state index in [4.69, 9.17) is 0 Å². The Morgan fingerprint density at radius 2 is 1.64 bits per heavy atom. The van der Waals surface area contributed by atoms with Gasteiger partial charge in [0.05, 0.1) is 0 Å². The second-order valence-electron chi connectivity index (χ2n) is 5.00. The molecule has 3 amide bonds. The van der Waals surface area contributed by atoms with Crippen molar-refractivity contribution in [1.29, 1.82) is 0 Å². The first kappa shape index (κ1) is 15.6. The van der Waals surface area contributed by atoms with Gasteiger partial charge >= 0.3 is 6.03 Å². The van der Waals surface area contributed by atoms with Crippen LogP contribution >= 0.6 is 0 Å². The summed E-state index contributed by atoms with van der Waals surface area (Å²) in [6.45, 7) is 3.89.